The molecule has 1 aliphatic rings. The molecule has 0 radical (unpaired) electrons. The second-order valence-corrected chi connectivity index (χ2v) is 4.21. The maximum absolute atomic E-state index is 10.4. The third kappa shape index (κ3) is 3.69. The molecule has 0 aromatic heterocycles. The standard InChI is InChI=1S/C6H10INO2.Zn/c7-5-1-3-8(4-2-5)6(9)10;/h5H,1-4H2,(H,9,10);. The van der Waals surface area contributed by atoms with E-state index < -0.39 is 6.09 Å². The van der Waals surface area contributed by atoms with E-state index in [4.69, 9.17) is 5.11 Å². The van der Waals surface area contributed by atoms with Crippen LogP contribution in [0, 0.1) is 0 Å². The fraction of sp³-hybridized carbons (Fsp3) is 0.833. The van der Waals surface area contributed by atoms with Crippen molar-refractivity contribution in [3.8, 4) is 0 Å². The fourth-order valence-corrected chi connectivity index (χ4v) is 1.60. The Bertz CT molecular complexity index is 137. The van der Waals surface area contributed by atoms with Crippen molar-refractivity contribution in [3.63, 3.8) is 0 Å². The number of rotatable bonds is 0. The van der Waals surface area contributed by atoms with E-state index in [1.807, 2.05) is 0 Å². The molecule has 0 spiro atoms. The predicted molar refractivity (Wildman–Crippen MR) is 46.6 cm³/mol. The van der Waals surface area contributed by atoms with Crippen molar-refractivity contribution in [1.82, 2.24) is 4.90 Å². The zero-order chi connectivity index (χ0) is 7.56. The Balaban J connectivity index is 0.000001000. The van der Waals surface area contributed by atoms with Gasteiger partial charge in [0.1, 0.15) is 0 Å². The van der Waals surface area contributed by atoms with Gasteiger partial charge in [0.25, 0.3) is 0 Å². The van der Waals surface area contributed by atoms with E-state index in [-0.39, 0.29) is 19.5 Å². The monoisotopic (exact) mass is 319 g/mol. The predicted octanol–water partition coefficient (Wildman–Crippen LogP) is 1.56. The number of alkyl halides is 1. The van der Waals surface area contributed by atoms with Gasteiger partial charge in [-0.25, -0.2) is 4.79 Å². The summed E-state index contributed by atoms with van der Waals surface area (Å²) in [5.74, 6) is 0. The zero-order valence-electron chi connectivity index (χ0n) is 6.29. The van der Waals surface area contributed by atoms with Gasteiger partial charge >= 0.3 is 6.09 Å². The smallest absolute Gasteiger partial charge is 0.407 e. The molecule has 0 atom stereocenters. The van der Waals surface area contributed by atoms with Crippen LogP contribution in [0.5, 0.6) is 0 Å². The van der Waals surface area contributed by atoms with Crippen LogP contribution >= 0.6 is 22.6 Å². The molecule has 0 aliphatic carbocycles. The molecule has 3 nitrogen and oxygen atoms in total. The van der Waals surface area contributed by atoms with Crippen molar-refractivity contribution in [2.45, 2.75) is 16.8 Å². The topological polar surface area (TPSA) is 40.5 Å². The van der Waals surface area contributed by atoms with E-state index in [0.29, 0.717) is 17.0 Å². The summed E-state index contributed by atoms with van der Waals surface area (Å²) in [6.45, 7) is 1.42. The summed E-state index contributed by atoms with van der Waals surface area (Å²) in [5, 5.41) is 8.55. The average Bonchev–Trinajstić information content (AvgIpc) is 1.88. The summed E-state index contributed by atoms with van der Waals surface area (Å²) in [6.07, 6.45) is 1.24. The van der Waals surface area contributed by atoms with Gasteiger partial charge in [0.2, 0.25) is 0 Å². The minimum atomic E-state index is -0.775. The Labute approximate surface area is 92.4 Å². The Kier molecular flexibility index (Phi) is 5.60. The van der Waals surface area contributed by atoms with Gasteiger partial charge in [0.15, 0.2) is 0 Å². The molecule has 1 saturated heterocycles. The molecule has 1 aliphatic heterocycles. The number of likely N-dealkylation sites (tertiary alicyclic amines) is 1. The van der Waals surface area contributed by atoms with Crippen LogP contribution in [-0.2, 0) is 19.5 Å². The van der Waals surface area contributed by atoms with Crippen LogP contribution in [0.25, 0.3) is 0 Å². The van der Waals surface area contributed by atoms with Crippen LogP contribution in [0.1, 0.15) is 12.8 Å². The maximum atomic E-state index is 10.4. The van der Waals surface area contributed by atoms with Crippen molar-refractivity contribution < 1.29 is 29.4 Å². The Morgan fingerprint density at radius 2 is 1.91 bits per heavy atom. The molecule has 1 rings (SSSR count). The molecule has 1 N–H and O–H groups in total. The number of hydrogen-bond donors (Lipinski definition) is 1. The second-order valence-electron chi connectivity index (χ2n) is 2.44. The Morgan fingerprint density at radius 3 is 2.27 bits per heavy atom. The van der Waals surface area contributed by atoms with Gasteiger partial charge < -0.3 is 10.0 Å². The summed E-state index contributed by atoms with van der Waals surface area (Å²) < 4.78 is 0.674. The molecule has 1 heterocycles. The van der Waals surface area contributed by atoms with Crippen molar-refractivity contribution >= 4 is 28.7 Å². The number of piperidine rings is 1. The van der Waals surface area contributed by atoms with Gasteiger partial charge in [-0.05, 0) is 12.8 Å². The summed E-state index contributed by atoms with van der Waals surface area (Å²) in [7, 11) is 0. The first-order chi connectivity index (χ1) is 4.70. The molecular formula is C6H10INO2Zn. The normalized spacial score (nSPS) is 19.2. The molecule has 0 aromatic rings. The molecule has 11 heavy (non-hydrogen) atoms. The first kappa shape index (κ1) is 11.6. The molecule has 1 fully saturated rings. The molecule has 0 bridgehead atoms. The third-order valence-corrected chi connectivity index (χ3v) is 2.94. The van der Waals surface area contributed by atoms with Crippen molar-refractivity contribution in [1.29, 1.82) is 0 Å². The van der Waals surface area contributed by atoms with Gasteiger partial charge in [-0.3, -0.25) is 0 Å². The van der Waals surface area contributed by atoms with Crippen LogP contribution in [0.15, 0.2) is 0 Å². The fourth-order valence-electron chi connectivity index (χ4n) is 1.04. The van der Waals surface area contributed by atoms with Gasteiger partial charge in [0.05, 0.1) is 0 Å². The number of halogens is 1. The zero-order valence-corrected chi connectivity index (χ0v) is 11.4. The summed E-state index contributed by atoms with van der Waals surface area (Å²) >= 11 is 2.37. The van der Waals surface area contributed by atoms with Crippen LogP contribution in [-0.4, -0.2) is 33.1 Å². The van der Waals surface area contributed by atoms with Crippen LogP contribution < -0.4 is 0 Å². The first-order valence-electron chi connectivity index (χ1n) is 3.32. The van der Waals surface area contributed by atoms with Crippen LogP contribution in [0.3, 0.4) is 0 Å². The summed E-state index contributed by atoms with van der Waals surface area (Å²) in [4.78, 5) is 11.9. The van der Waals surface area contributed by atoms with Gasteiger partial charge in [-0.2, -0.15) is 0 Å². The van der Waals surface area contributed by atoms with Crippen molar-refractivity contribution in [2.24, 2.45) is 0 Å². The van der Waals surface area contributed by atoms with E-state index in [1.165, 1.54) is 4.90 Å². The minimum absolute atomic E-state index is 0. The Morgan fingerprint density at radius 1 is 1.45 bits per heavy atom. The van der Waals surface area contributed by atoms with E-state index in [9.17, 15) is 4.79 Å². The van der Waals surface area contributed by atoms with E-state index in [1.54, 1.807) is 0 Å². The minimum Gasteiger partial charge on any atom is -0.465 e. The molecule has 5 heteroatoms. The van der Waals surface area contributed by atoms with E-state index in [0.717, 1.165) is 12.8 Å². The average molecular weight is 320 g/mol. The van der Waals surface area contributed by atoms with Crippen LogP contribution in [0.2, 0.25) is 0 Å². The van der Waals surface area contributed by atoms with E-state index in [2.05, 4.69) is 22.6 Å². The second kappa shape index (κ2) is 5.30. The van der Waals surface area contributed by atoms with E-state index >= 15 is 0 Å². The summed E-state index contributed by atoms with van der Waals surface area (Å²) in [5.41, 5.74) is 0. The molecule has 0 saturated carbocycles. The largest absolute Gasteiger partial charge is 0.465 e. The number of hydrogen-bond acceptors (Lipinski definition) is 1. The van der Waals surface area contributed by atoms with Gasteiger partial charge in [0, 0.05) is 36.5 Å². The number of amides is 1. The number of nitrogens with zero attached hydrogens (tertiary/aromatic N) is 1. The third-order valence-electron chi connectivity index (χ3n) is 1.70. The SMILES string of the molecule is O=C(O)N1CCC(I)CC1.[Zn]. The Hall–Kier alpha value is 0.623. The number of carboxylic acid groups (broad SMARTS) is 1. The molecule has 1 amide bonds. The number of carbonyl (C=O) groups is 1. The quantitative estimate of drug-likeness (QED) is 0.418. The summed E-state index contributed by atoms with van der Waals surface area (Å²) in [6, 6.07) is 0. The molecule has 60 valence electrons. The van der Waals surface area contributed by atoms with Crippen molar-refractivity contribution in [3.05, 3.63) is 0 Å². The molecular weight excluding hydrogens is 310 g/mol. The van der Waals surface area contributed by atoms with Gasteiger partial charge in [-0.1, -0.05) is 22.6 Å². The van der Waals surface area contributed by atoms with Crippen LogP contribution in [0.4, 0.5) is 4.79 Å². The van der Waals surface area contributed by atoms with Crippen molar-refractivity contribution in [2.75, 3.05) is 13.1 Å². The first-order valence-corrected chi connectivity index (χ1v) is 4.56. The molecule has 0 unspecified atom stereocenters. The van der Waals surface area contributed by atoms with Gasteiger partial charge in [-0.15, -0.1) is 0 Å². The molecule has 0 aromatic carbocycles. The maximum Gasteiger partial charge on any atom is 0.407 e.